The van der Waals surface area contributed by atoms with Crippen molar-refractivity contribution < 1.29 is 9.59 Å². The van der Waals surface area contributed by atoms with Crippen LogP contribution in [0, 0.1) is 12.8 Å². The predicted molar refractivity (Wildman–Crippen MR) is 132 cm³/mol. The van der Waals surface area contributed by atoms with Crippen molar-refractivity contribution in [2.24, 2.45) is 5.92 Å². The van der Waals surface area contributed by atoms with Crippen molar-refractivity contribution in [3.8, 4) is 22.5 Å². The molecule has 0 saturated carbocycles. The number of anilines is 1. The number of amides is 2. The Labute approximate surface area is 195 Å². The molecular formula is C26H33N5O2. The van der Waals surface area contributed by atoms with Gasteiger partial charge in [0.05, 0.1) is 23.5 Å². The molecule has 0 unspecified atom stereocenters. The van der Waals surface area contributed by atoms with E-state index < -0.39 is 0 Å². The third-order valence-corrected chi connectivity index (χ3v) is 5.54. The first-order valence-electron chi connectivity index (χ1n) is 11.2. The van der Waals surface area contributed by atoms with E-state index in [1.165, 1.54) is 0 Å². The number of aromatic nitrogens is 3. The van der Waals surface area contributed by atoms with E-state index in [4.69, 9.17) is 0 Å². The van der Waals surface area contributed by atoms with Crippen molar-refractivity contribution in [2.75, 3.05) is 18.5 Å². The van der Waals surface area contributed by atoms with E-state index in [-0.39, 0.29) is 29.8 Å². The molecule has 174 valence electrons. The number of likely N-dealkylation sites (N-methyl/N-ethyl adjacent to an activating group) is 1. The summed E-state index contributed by atoms with van der Waals surface area (Å²) in [6.07, 6.45) is 0. The molecule has 33 heavy (non-hydrogen) atoms. The molecule has 0 bridgehead atoms. The Balaban J connectivity index is 2.11. The number of benzene rings is 2. The fraction of sp³-hybridized carbons (Fsp3) is 0.385. The van der Waals surface area contributed by atoms with Crippen LogP contribution in [0.4, 0.5) is 5.69 Å². The van der Waals surface area contributed by atoms with Crippen molar-refractivity contribution in [3.05, 3.63) is 54.1 Å². The highest BCUT2D eigenvalue weighted by molar-refractivity contribution is 6.00. The van der Waals surface area contributed by atoms with E-state index in [0.717, 1.165) is 33.8 Å². The molecule has 1 N–H and O–H groups in total. The summed E-state index contributed by atoms with van der Waals surface area (Å²) >= 11 is 0. The minimum atomic E-state index is -0.329. The van der Waals surface area contributed by atoms with E-state index in [1.807, 2.05) is 60.1 Å². The molecule has 0 spiro atoms. The van der Waals surface area contributed by atoms with Crippen molar-refractivity contribution in [2.45, 2.75) is 47.1 Å². The van der Waals surface area contributed by atoms with Crippen LogP contribution in [0.5, 0.6) is 0 Å². The lowest BCUT2D eigenvalue weighted by molar-refractivity contribution is -0.126. The number of carbonyl (C=O) groups is 2. The summed E-state index contributed by atoms with van der Waals surface area (Å²) in [7, 11) is 1.72. The minimum Gasteiger partial charge on any atom is -0.347 e. The zero-order chi connectivity index (χ0) is 24.3. The highest BCUT2D eigenvalue weighted by Gasteiger charge is 2.28. The fourth-order valence-corrected chi connectivity index (χ4v) is 3.60. The maximum atomic E-state index is 13.0. The average molecular weight is 448 g/mol. The summed E-state index contributed by atoms with van der Waals surface area (Å²) in [6, 6.07) is 15.8. The van der Waals surface area contributed by atoms with E-state index in [0.29, 0.717) is 0 Å². The molecule has 7 heteroatoms. The summed E-state index contributed by atoms with van der Waals surface area (Å²) in [5, 5.41) is 11.8. The monoisotopic (exact) mass is 447 g/mol. The Morgan fingerprint density at radius 2 is 1.64 bits per heavy atom. The molecule has 2 aromatic carbocycles. The maximum Gasteiger partial charge on any atom is 0.246 e. The van der Waals surface area contributed by atoms with Gasteiger partial charge in [-0.1, -0.05) is 61.5 Å². The Hall–Kier alpha value is -3.48. The van der Waals surface area contributed by atoms with Crippen LogP contribution in [0.3, 0.4) is 0 Å². The Kier molecular flexibility index (Phi) is 7.01. The van der Waals surface area contributed by atoms with E-state index >= 15 is 0 Å². The first-order chi connectivity index (χ1) is 15.5. The van der Waals surface area contributed by atoms with E-state index in [2.05, 4.69) is 36.4 Å². The maximum absolute atomic E-state index is 13.0. The third-order valence-electron chi connectivity index (χ3n) is 5.54. The molecule has 0 fully saturated rings. The lowest BCUT2D eigenvalue weighted by Gasteiger charge is -2.25. The zero-order valence-electron chi connectivity index (χ0n) is 20.5. The minimum absolute atomic E-state index is 0.0662. The lowest BCUT2D eigenvalue weighted by atomic mass is 9.98. The number of aryl methyl sites for hydroxylation is 1. The summed E-state index contributed by atoms with van der Waals surface area (Å²) in [6.45, 7) is 11.8. The van der Waals surface area contributed by atoms with Crippen molar-refractivity contribution >= 4 is 17.5 Å². The molecule has 3 aromatic rings. The van der Waals surface area contributed by atoms with E-state index in [9.17, 15) is 9.59 Å². The molecule has 0 saturated heterocycles. The topological polar surface area (TPSA) is 80.1 Å². The van der Waals surface area contributed by atoms with Crippen LogP contribution >= 0.6 is 0 Å². The van der Waals surface area contributed by atoms with Crippen LogP contribution in [0.15, 0.2) is 48.5 Å². The molecule has 0 aliphatic carbocycles. The van der Waals surface area contributed by atoms with Gasteiger partial charge in [-0.25, -0.2) is 4.68 Å². The lowest BCUT2D eigenvalue weighted by Crippen LogP contribution is -2.39. The predicted octanol–water partition coefficient (Wildman–Crippen LogP) is 4.41. The average Bonchev–Trinajstić information content (AvgIpc) is 3.22. The van der Waals surface area contributed by atoms with E-state index in [1.54, 1.807) is 25.8 Å². The Morgan fingerprint density at radius 3 is 2.24 bits per heavy atom. The van der Waals surface area contributed by atoms with Gasteiger partial charge in [-0.2, -0.15) is 0 Å². The molecule has 0 aliphatic rings. The summed E-state index contributed by atoms with van der Waals surface area (Å²) < 4.78 is 1.91. The number of hydrogen-bond donors (Lipinski definition) is 1. The van der Waals surface area contributed by atoms with Gasteiger partial charge < -0.3 is 10.2 Å². The van der Waals surface area contributed by atoms with Gasteiger partial charge in [0.2, 0.25) is 11.8 Å². The van der Waals surface area contributed by atoms with Gasteiger partial charge >= 0.3 is 0 Å². The van der Waals surface area contributed by atoms with Crippen molar-refractivity contribution in [1.29, 1.82) is 0 Å². The molecule has 0 radical (unpaired) electrons. The largest absolute Gasteiger partial charge is 0.347 e. The van der Waals surface area contributed by atoms with Crippen LogP contribution in [0.25, 0.3) is 22.5 Å². The first kappa shape index (κ1) is 24.2. The van der Waals surface area contributed by atoms with Crippen LogP contribution in [-0.4, -0.2) is 40.4 Å². The van der Waals surface area contributed by atoms with Crippen LogP contribution in [0.2, 0.25) is 0 Å². The van der Waals surface area contributed by atoms with Crippen molar-refractivity contribution in [3.63, 3.8) is 0 Å². The molecular weight excluding hydrogens is 414 g/mol. The number of hydrogen-bond acceptors (Lipinski definition) is 4. The number of para-hydroxylation sites is 1. The quantitative estimate of drug-likeness (QED) is 0.607. The molecule has 7 nitrogen and oxygen atoms in total. The highest BCUT2D eigenvalue weighted by Crippen LogP contribution is 2.39. The molecule has 2 amide bonds. The normalized spacial score (nSPS) is 11.5. The zero-order valence-corrected chi connectivity index (χ0v) is 20.5. The molecule has 1 heterocycles. The summed E-state index contributed by atoms with van der Waals surface area (Å²) in [4.78, 5) is 26.5. The van der Waals surface area contributed by atoms with Gasteiger partial charge in [-0.05, 0) is 39.3 Å². The summed E-state index contributed by atoms with van der Waals surface area (Å²) in [5.41, 5.74) is 4.95. The SMILES string of the molecule is Cc1ccccc1-c1nnn(C(C)(C)C)c1-c1ccccc1N(C)C(=O)CNC(=O)C(C)C. The van der Waals surface area contributed by atoms with Crippen molar-refractivity contribution in [1.82, 2.24) is 20.3 Å². The second-order valence-corrected chi connectivity index (χ2v) is 9.53. The molecule has 0 aliphatic heterocycles. The standard InChI is InChI=1S/C26H33N5O2/c1-17(2)25(33)27-16-22(32)30(7)21-15-11-10-14-20(21)24-23(19-13-9-8-12-18(19)3)28-29-31(24)26(4,5)6/h8-15,17H,16H2,1-7H3,(H,27,33). The van der Waals surface area contributed by atoms with Gasteiger partial charge in [0.25, 0.3) is 0 Å². The van der Waals surface area contributed by atoms with Crippen LogP contribution < -0.4 is 10.2 Å². The molecule has 3 rings (SSSR count). The molecule has 0 atom stereocenters. The number of nitrogens with zero attached hydrogens (tertiary/aromatic N) is 4. The second kappa shape index (κ2) is 9.57. The van der Waals surface area contributed by atoms with Gasteiger partial charge in [0, 0.05) is 24.1 Å². The van der Waals surface area contributed by atoms with Gasteiger partial charge in [-0.3, -0.25) is 9.59 Å². The number of rotatable bonds is 6. The Bertz CT molecular complexity index is 1160. The van der Waals surface area contributed by atoms with Gasteiger partial charge in [0.1, 0.15) is 5.69 Å². The fourth-order valence-electron chi connectivity index (χ4n) is 3.60. The van der Waals surface area contributed by atoms with Gasteiger partial charge in [-0.15, -0.1) is 5.10 Å². The summed E-state index contributed by atoms with van der Waals surface area (Å²) in [5.74, 6) is -0.537. The van der Waals surface area contributed by atoms with Crippen LogP contribution in [-0.2, 0) is 15.1 Å². The third kappa shape index (κ3) is 5.13. The highest BCUT2D eigenvalue weighted by atomic mass is 16.2. The Morgan fingerprint density at radius 1 is 1.03 bits per heavy atom. The second-order valence-electron chi connectivity index (χ2n) is 9.53. The number of nitrogens with one attached hydrogen (secondary N) is 1. The van der Waals surface area contributed by atoms with Crippen LogP contribution in [0.1, 0.15) is 40.2 Å². The first-order valence-corrected chi connectivity index (χ1v) is 11.2. The smallest absolute Gasteiger partial charge is 0.246 e. The molecule has 1 aromatic heterocycles. The number of carbonyl (C=O) groups excluding carboxylic acids is 2. The van der Waals surface area contributed by atoms with Gasteiger partial charge in [0.15, 0.2) is 0 Å².